The van der Waals surface area contributed by atoms with E-state index in [0.717, 1.165) is 23.5 Å². The molecule has 1 unspecified atom stereocenters. The third-order valence-electron chi connectivity index (χ3n) is 3.18. The summed E-state index contributed by atoms with van der Waals surface area (Å²) in [4.78, 5) is 0. The van der Waals surface area contributed by atoms with Gasteiger partial charge in [0.25, 0.3) is 0 Å². The zero-order valence-corrected chi connectivity index (χ0v) is 10.8. The number of ether oxygens (including phenoxy) is 2. The van der Waals surface area contributed by atoms with Gasteiger partial charge >= 0.3 is 0 Å². The highest BCUT2D eigenvalue weighted by molar-refractivity contribution is 5.45. The van der Waals surface area contributed by atoms with E-state index in [2.05, 4.69) is 0 Å². The number of aliphatic hydroxyl groups excluding tert-OH is 1. The Labute approximate surface area is 111 Å². The molecular formula is C15H16O4. The Morgan fingerprint density at radius 3 is 2.63 bits per heavy atom. The summed E-state index contributed by atoms with van der Waals surface area (Å²) in [6.07, 6.45) is 0.0320. The molecule has 0 saturated carbocycles. The molecule has 0 amide bonds. The van der Waals surface area contributed by atoms with E-state index in [1.54, 1.807) is 12.1 Å². The Morgan fingerprint density at radius 2 is 1.89 bits per heavy atom. The summed E-state index contributed by atoms with van der Waals surface area (Å²) in [7, 11) is 0. The smallest absolute Gasteiger partial charge is 0.161 e. The first-order valence-electron chi connectivity index (χ1n) is 6.44. The Morgan fingerprint density at radius 1 is 1.11 bits per heavy atom. The van der Waals surface area contributed by atoms with E-state index in [1.807, 2.05) is 25.1 Å². The van der Waals surface area contributed by atoms with E-state index in [1.165, 1.54) is 0 Å². The third-order valence-corrected chi connectivity index (χ3v) is 3.18. The van der Waals surface area contributed by atoms with Crippen LogP contribution in [0.1, 0.15) is 30.1 Å². The SMILES string of the molecule is CCc1ccc(C(O)c2ccc3c(c2)OCCO3)o1. The van der Waals surface area contributed by atoms with Crippen LogP contribution in [0.25, 0.3) is 0 Å². The van der Waals surface area contributed by atoms with Gasteiger partial charge in [0.15, 0.2) is 11.5 Å². The lowest BCUT2D eigenvalue weighted by Gasteiger charge is -2.19. The summed E-state index contributed by atoms with van der Waals surface area (Å²) < 4.78 is 16.5. The summed E-state index contributed by atoms with van der Waals surface area (Å²) in [5.74, 6) is 2.81. The first-order chi connectivity index (χ1) is 9.28. The number of aryl methyl sites for hydroxylation is 1. The zero-order valence-electron chi connectivity index (χ0n) is 10.8. The Balaban J connectivity index is 1.88. The fraction of sp³-hybridized carbons (Fsp3) is 0.333. The molecule has 1 aromatic carbocycles. The maximum absolute atomic E-state index is 10.3. The van der Waals surface area contributed by atoms with Crippen molar-refractivity contribution < 1.29 is 19.0 Å². The van der Waals surface area contributed by atoms with Gasteiger partial charge in [0, 0.05) is 6.42 Å². The van der Waals surface area contributed by atoms with Crippen molar-refractivity contribution in [3.8, 4) is 11.5 Å². The van der Waals surface area contributed by atoms with Gasteiger partial charge in [-0.2, -0.15) is 0 Å². The lowest BCUT2D eigenvalue weighted by Crippen LogP contribution is -2.15. The molecule has 4 heteroatoms. The van der Waals surface area contributed by atoms with Crippen LogP contribution in [0, 0.1) is 0 Å². The molecule has 1 aliphatic rings. The summed E-state index contributed by atoms with van der Waals surface area (Å²) in [5.41, 5.74) is 0.737. The highest BCUT2D eigenvalue weighted by Gasteiger charge is 2.18. The molecule has 1 N–H and O–H groups in total. The molecule has 1 atom stereocenters. The zero-order chi connectivity index (χ0) is 13.2. The summed E-state index contributed by atoms with van der Waals surface area (Å²) in [6.45, 7) is 3.11. The summed E-state index contributed by atoms with van der Waals surface area (Å²) in [6, 6.07) is 9.13. The van der Waals surface area contributed by atoms with E-state index in [-0.39, 0.29) is 0 Å². The van der Waals surface area contributed by atoms with Crippen molar-refractivity contribution in [2.24, 2.45) is 0 Å². The lowest BCUT2D eigenvalue weighted by atomic mass is 10.1. The van der Waals surface area contributed by atoms with Gasteiger partial charge in [0.05, 0.1) is 0 Å². The summed E-state index contributed by atoms with van der Waals surface area (Å²) in [5, 5.41) is 10.3. The number of fused-ring (bicyclic) bond motifs is 1. The van der Waals surface area contributed by atoms with Gasteiger partial charge in [0.2, 0.25) is 0 Å². The van der Waals surface area contributed by atoms with Crippen LogP contribution in [0.5, 0.6) is 11.5 Å². The predicted molar refractivity (Wildman–Crippen MR) is 69.6 cm³/mol. The van der Waals surface area contributed by atoms with Gasteiger partial charge in [0.1, 0.15) is 30.8 Å². The molecule has 0 bridgehead atoms. The largest absolute Gasteiger partial charge is 0.486 e. The molecule has 4 nitrogen and oxygen atoms in total. The van der Waals surface area contributed by atoms with Gasteiger partial charge in [-0.05, 0) is 29.8 Å². The minimum atomic E-state index is -0.781. The maximum atomic E-state index is 10.3. The molecule has 0 saturated heterocycles. The van der Waals surface area contributed by atoms with Crippen LogP contribution >= 0.6 is 0 Å². The molecule has 0 aliphatic carbocycles. The van der Waals surface area contributed by atoms with Crippen LogP contribution < -0.4 is 9.47 Å². The van der Waals surface area contributed by atoms with Gasteiger partial charge in [-0.1, -0.05) is 13.0 Å². The van der Waals surface area contributed by atoms with Gasteiger partial charge in [-0.15, -0.1) is 0 Å². The van der Waals surface area contributed by atoms with Crippen LogP contribution in [-0.4, -0.2) is 18.3 Å². The first-order valence-corrected chi connectivity index (χ1v) is 6.44. The second-order valence-electron chi connectivity index (χ2n) is 4.46. The van der Waals surface area contributed by atoms with Crippen molar-refractivity contribution in [2.45, 2.75) is 19.4 Å². The standard InChI is InChI=1S/C15H16O4/c1-2-11-4-6-13(19-11)15(16)10-3-5-12-14(9-10)18-8-7-17-12/h3-6,9,15-16H,2,7-8H2,1H3. The number of aliphatic hydroxyl groups is 1. The second-order valence-corrected chi connectivity index (χ2v) is 4.46. The molecular weight excluding hydrogens is 244 g/mol. The van der Waals surface area contributed by atoms with E-state index in [4.69, 9.17) is 13.9 Å². The highest BCUT2D eigenvalue weighted by Crippen LogP contribution is 2.34. The molecule has 1 aromatic heterocycles. The van der Waals surface area contributed by atoms with Crippen molar-refractivity contribution >= 4 is 0 Å². The fourth-order valence-corrected chi connectivity index (χ4v) is 2.13. The van der Waals surface area contributed by atoms with E-state index < -0.39 is 6.10 Å². The molecule has 2 heterocycles. The van der Waals surface area contributed by atoms with Crippen LogP contribution in [0.3, 0.4) is 0 Å². The Kier molecular flexibility index (Phi) is 3.17. The lowest BCUT2D eigenvalue weighted by molar-refractivity contribution is 0.167. The molecule has 3 rings (SSSR count). The van der Waals surface area contributed by atoms with Crippen molar-refractivity contribution in [1.82, 2.24) is 0 Å². The first kappa shape index (κ1) is 12.1. The van der Waals surface area contributed by atoms with E-state index in [0.29, 0.717) is 24.7 Å². The summed E-state index contributed by atoms with van der Waals surface area (Å²) >= 11 is 0. The average Bonchev–Trinajstić information content (AvgIpc) is 2.95. The topological polar surface area (TPSA) is 51.8 Å². The number of benzene rings is 1. The number of furan rings is 1. The Hall–Kier alpha value is -1.94. The number of hydrogen-bond donors (Lipinski definition) is 1. The molecule has 2 aromatic rings. The van der Waals surface area contributed by atoms with Crippen LogP contribution in [-0.2, 0) is 6.42 Å². The van der Waals surface area contributed by atoms with E-state index in [9.17, 15) is 5.11 Å². The monoisotopic (exact) mass is 260 g/mol. The quantitative estimate of drug-likeness (QED) is 0.921. The van der Waals surface area contributed by atoms with Gasteiger partial charge in [-0.3, -0.25) is 0 Å². The predicted octanol–water partition coefficient (Wildman–Crippen LogP) is 2.69. The maximum Gasteiger partial charge on any atom is 0.161 e. The van der Waals surface area contributed by atoms with Crippen LogP contribution in [0.15, 0.2) is 34.7 Å². The minimum Gasteiger partial charge on any atom is -0.486 e. The third kappa shape index (κ3) is 2.31. The highest BCUT2D eigenvalue weighted by atomic mass is 16.6. The number of hydrogen-bond acceptors (Lipinski definition) is 4. The van der Waals surface area contributed by atoms with Crippen molar-refractivity contribution in [3.05, 3.63) is 47.4 Å². The Bertz CT molecular complexity index is 573. The van der Waals surface area contributed by atoms with Crippen LogP contribution in [0.2, 0.25) is 0 Å². The van der Waals surface area contributed by atoms with Crippen molar-refractivity contribution in [2.75, 3.05) is 13.2 Å². The molecule has 0 spiro atoms. The molecule has 100 valence electrons. The van der Waals surface area contributed by atoms with Crippen molar-refractivity contribution in [1.29, 1.82) is 0 Å². The fourth-order valence-electron chi connectivity index (χ4n) is 2.13. The molecule has 0 radical (unpaired) electrons. The van der Waals surface area contributed by atoms with Crippen LogP contribution in [0.4, 0.5) is 0 Å². The normalized spacial score (nSPS) is 15.3. The number of rotatable bonds is 3. The molecule has 0 fully saturated rings. The minimum absolute atomic E-state index is 0.535. The van der Waals surface area contributed by atoms with E-state index >= 15 is 0 Å². The van der Waals surface area contributed by atoms with Gasteiger partial charge in [-0.25, -0.2) is 0 Å². The second kappa shape index (κ2) is 4.97. The molecule has 1 aliphatic heterocycles. The van der Waals surface area contributed by atoms with Crippen molar-refractivity contribution in [3.63, 3.8) is 0 Å². The molecule has 19 heavy (non-hydrogen) atoms. The average molecular weight is 260 g/mol. The van der Waals surface area contributed by atoms with Gasteiger partial charge < -0.3 is 19.0 Å².